The number of aromatic carboxylic acids is 1. The Hall–Kier alpha value is -4.82. The number of aromatic nitrogens is 1. The van der Waals surface area contributed by atoms with Gasteiger partial charge in [0.15, 0.2) is 0 Å². The largest absolute Gasteiger partial charge is 0.478 e. The molecule has 0 aliphatic rings. The van der Waals surface area contributed by atoms with Crippen LogP contribution in [0.15, 0.2) is 95.2 Å². The Morgan fingerprint density at radius 2 is 1.73 bits per heavy atom. The predicted octanol–water partition coefficient (Wildman–Crippen LogP) is 9.43. The van der Waals surface area contributed by atoms with Crippen molar-refractivity contribution in [1.29, 1.82) is 0 Å². The molecular formula is C33H19ClF2N2O4S2. The van der Waals surface area contributed by atoms with Gasteiger partial charge in [0, 0.05) is 32.7 Å². The maximum atomic E-state index is 14.8. The van der Waals surface area contributed by atoms with Crippen LogP contribution < -0.4 is 0 Å². The summed E-state index contributed by atoms with van der Waals surface area (Å²) in [5.74, 6) is -2.31. The Labute approximate surface area is 259 Å². The molecule has 0 aliphatic carbocycles. The molecule has 0 unspecified atom stereocenters. The molecule has 0 saturated carbocycles. The highest BCUT2D eigenvalue weighted by Gasteiger charge is 2.30. The quantitative estimate of drug-likeness (QED) is 0.183. The lowest BCUT2D eigenvalue weighted by Crippen LogP contribution is -2.15. The minimum atomic E-state index is -4.42. The molecule has 2 aromatic heterocycles. The van der Waals surface area contributed by atoms with Crippen molar-refractivity contribution < 1.29 is 27.1 Å². The van der Waals surface area contributed by atoms with Crippen molar-refractivity contribution >= 4 is 54.8 Å². The number of rotatable bonds is 6. The molecule has 0 atom stereocenters. The van der Waals surface area contributed by atoms with Gasteiger partial charge in [-0.2, -0.15) is 11.3 Å². The van der Waals surface area contributed by atoms with Gasteiger partial charge in [0.2, 0.25) is 5.00 Å². The van der Waals surface area contributed by atoms with Crippen LogP contribution in [-0.4, -0.2) is 23.5 Å². The zero-order chi connectivity index (χ0) is 31.3. The van der Waals surface area contributed by atoms with Crippen molar-refractivity contribution in [3.8, 4) is 33.5 Å². The van der Waals surface area contributed by atoms with E-state index in [2.05, 4.69) is 4.85 Å². The highest BCUT2D eigenvalue weighted by molar-refractivity contribution is 7.90. The van der Waals surface area contributed by atoms with Gasteiger partial charge in [0.25, 0.3) is 10.0 Å². The summed E-state index contributed by atoms with van der Waals surface area (Å²) in [5.41, 5.74) is 2.68. The average Bonchev–Trinajstić information content (AvgIpc) is 3.60. The zero-order valence-corrected chi connectivity index (χ0v) is 25.1. The molecule has 1 N–H and O–H groups in total. The molecule has 6 rings (SSSR count). The van der Waals surface area contributed by atoms with Crippen LogP contribution in [0.4, 0.5) is 13.8 Å². The molecule has 2 heterocycles. The van der Waals surface area contributed by atoms with Crippen LogP contribution in [0, 0.1) is 25.1 Å². The lowest BCUT2D eigenvalue weighted by atomic mass is 9.96. The molecule has 0 spiro atoms. The van der Waals surface area contributed by atoms with Crippen LogP contribution in [0.2, 0.25) is 5.02 Å². The van der Waals surface area contributed by atoms with E-state index in [1.807, 2.05) is 0 Å². The van der Waals surface area contributed by atoms with Crippen LogP contribution in [0.1, 0.15) is 15.9 Å². The number of carboxylic acid groups (broad SMARTS) is 1. The Morgan fingerprint density at radius 1 is 0.955 bits per heavy atom. The van der Waals surface area contributed by atoms with Gasteiger partial charge in [-0.3, -0.25) is 0 Å². The van der Waals surface area contributed by atoms with E-state index in [1.165, 1.54) is 54.7 Å². The smallest absolute Gasteiger partial charge is 0.335 e. The monoisotopic (exact) mass is 644 g/mol. The standard InChI is InChI=1S/C33H19ClF2N2O4S2/c1-18-14-23(8-10-28(18)36)44(41,42)38-29-11-7-22(35)17-26(29)30(25-12-13-43-32(25)37-2)31(38)20-5-3-4-19(15-20)24-9-6-21(33(39)40)16-27(24)34/h3-17H,1H3,(H,39,40). The minimum Gasteiger partial charge on any atom is -0.478 e. The van der Waals surface area contributed by atoms with Gasteiger partial charge < -0.3 is 5.11 Å². The summed E-state index contributed by atoms with van der Waals surface area (Å²) in [7, 11) is -4.42. The third-order valence-corrected chi connectivity index (χ3v) is 10.1. The number of carbonyl (C=O) groups is 1. The van der Waals surface area contributed by atoms with E-state index in [-0.39, 0.29) is 42.6 Å². The molecule has 0 saturated heterocycles. The molecule has 11 heteroatoms. The fraction of sp³-hybridized carbons (Fsp3) is 0.0303. The number of aryl methyl sites for hydroxylation is 1. The normalized spacial score (nSPS) is 11.5. The highest BCUT2D eigenvalue weighted by atomic mass is 35.5. The van der Waals surface area contributed by atoms with Gasteiger partial charge >= 0.3 is 5.97 Å². The van der Waals surface area contributed by atoms with Crippen molar-refractivity contribution in [3.63, 3.8) is 0 Å². The third kappa shape index (κ3) is 4.85. The Morgan fingerprint density at radius 3 is 2.43 bits per heavy atom. The van der Waals surface area contributed by atoms with Crippen LogP contribution in [0.5, 0.6) is 0 Å². The van der Waals surface area contributed by atoms with Gasteiger partial charge in [0.1, 0.15) is 11.6 Å². The second-order valence-corrected chi connectivity index (χ2v) is 13.0. The van der Waals surface area contributed by atoms with Crippen molar-refractivity contribution in [2.45, 2.75) is 11.8 Å². The first-order chi connectivity index (χ1) is 21.0. The zero-order valence-electron chi connectivity index (χ0n) is 22.7. The molecular weight excluding hydrogens is 626 g/mol. The SMILES string of the molecule is [C-]#[N+]c1sccc1-c1c(-c2cccc(-c3ccc(C(=O)O)cc3Cl)c2)n(S(=O)(=O)c2ccc(F)c(C)c2)c2ccc(F)cc12. The molecule has 0 bridgehead atoms. The molecule has 0 aliphatic heterocycles. The third-order valence-electron chi connectivity index (χ3n) is 7.23. The maximum Gasteiger partial charge on any atom is 0.335 e. The van der Waals surface area contributed by atoms with Gasteiger partial charge in [-0.25, -0.2) is 30.8 Å². The second kappa shape index (κ2) is 11.0. The van der Waals surface area contributed by atoms with Crippen molar-refractivity contribution in [2.24, 2.45) is 0 Å². The number of benzene rings is 4. The molecule has 4 aromatic carbocycles. The molecule has 0 amide bonds. The predicted molar refractivity (Wildman–Crippen MR) is 168 cm³/mol. The average molecular weight is 645 g/mol. The number of nitrogens with zero attached hydrogens (tertiary/aromatic N) is 2. The summed E-state index contributed by atoms with van der Waals surface area (Å²) in [4.78, 5) is 14.9. The summed E-state index contributed by atoms with van der Waals surface area (Å²) in [6, 6.07) is 20.0. The first-order valence-corrected chi connectivity index (χ1v) is 15.7. The van der Waals surface area contributed by atoms with E-state index in [0.29, 0.717) is 27.8 Å². The fourth-order valence-corrected chi connectivity index (χ4v) is 7.80. The van der Waals surface area contributed by atoms with Gasteiger partial charge in [-0.1, -0.05) is 41.9 Å². The fourth-order valence-electron chi connectivity index (χ4n) is 5.20. The van der Waals surface area contributed by atoms with E-state index >= 15 is 0 Å². The number of carboxylic acids is 1. The summed E-state index contributed by atoms with van der Waals surface area (Å²) in [6.45, 7) is 9.20. The van der Waals surface area contributed by atoms with E-state index in [1.54, 1.807) is 41.8 Å². The highest BCUT2D eigenvalue weighted by Crippen LogP contribution is 2.48. The number of thiophene rings is 1. The van der Waals surface area contributed by atoms with Crippen molar-refractivity contribution in [1.82, 2.24) is 3.97 Å². The molecule has 44 heavy (non-hydrogen) atoms. The topological polar surface area (TPSA) is 80.7 Å². The van der Waals surface area contributed by atoms with Gasteiger partial charge in [-0.05, 0) is 78.0 Å². The molecule has 218 valence electrons. The van der Waals surface area contributed by atoms with Crippen LogP contribution in [-0.2, 0) is 10.0 Å². The van der Waals surface area contributed by atoms with E-state index < -0.39 is 27.6 Å². The first-order valence-electron chi connectivity index (χ1n) is 13.0. The van der Waals surface area contributed by atoms with Crippen LogP contribution >= 0.6 is 22.9 Å². The number of halogens is 3. The maximum absolute atomic E-state index is 14.8. The Balaban J connectivity index is 1.73. The van der Waals surface area contributed by atoms with E-state index in [4.69, 9.17) is 18.2 Å². The summed E-state index contributed by atoms with van der Waals surface area (Å²) in [6.07, 6.45) is 0. The van der Waals surface area contributed by atoms with Crippen molar-refractivity contribution in [3.05, 3.63) is 130 Å². The first kappa shape index (κ1) is 29.3. The van der Waals surface area contributed by atoms with Crippen LogP contribution in [0.3, 0.4) is 0 Å². The van der Waals surface area contributed by atoms with Gasteiger partial charge in [0.05, 0.1) is 28.2 Å². The molecule has 0 fully saturated rings. The van der Waals surface area contributed by atoms with E-state index in [9.17, 15) is 27.1 Å². The molecule has 6 aromatic rings. The summed E-state index contributed by atoms with van der Waals surface area (Å²) < 4.78 is 59.0. The van der Waals surface area contributed by atoms with E-state index in [0.717, 1.165) is 16.1 Å². The lowest BCUT2D eigenvalue weighted by molar-refractivity contribution is 0.0697. The van der Waals surface area contributed by atoms with Crippen molar-refractivity contribution in [2.75, 3.05) is 0 Å². The van der Waals surface area contributed by atoms with Crippen LogP contribution in [0.25, 0.3) is 49.3 Å². The molecule has 6 nitrogen and oxygen atoms in total. The molecule has 0 radical (unpaired) electrons. The Bertz CT molecular complexity index is 2300. The second-order valence-electron chi connectivity index (χ2n) is 9.90. The lowest BCUT2D eigenvalue weighted by Gasteiger charge is -2.15. The number of fused-ring (bicyclic) bond motifs is 1. The summed E-state index contributed by atoms with van der Waals surface area (Å²) in [5, 5.41) is 11.8. The number of hydrogen-bond donors (Lipinski definition) is 1. The summed E-state index contributed by atoms with van der Waals surface area (Å²) >= 11 is 7.65. The van der Waals surface area contributed by atoms with Gasteiger partial charge in [-0.15, -0.1) is 0 Å². The minimum absolute atomic E-state index is 0.00385. The Kier molecular flexibility index (Phi) is 7.33. The number of hydrogen-bond acceptors (Lipinski definition) is 4.